The molecule has 3 rings (SSSR count). The molecule has 2 aromatic heterocycles. The van der Waals surface area contributed by atoms with Gasteiger partial charge < -0.3 is 14.4 Å². The Morgan fingerprint density at radius 1 is 1.00 bits per heavy atom. The normalized spacial score (nSPS) is 11.4. The summed E-state index contributed by atoms with van der Waals surface area (Å²) in [5.41, 5.74) is 4.90. The van der Waals surface area contributed by atoms with Crippen LogP contribution in [0.5, 0.6) is 0 Å². The van der Waals surface area contributed by atoms with Gasteiger partial charge in [-0.2, -0.15) is 4.98 Å². The van der Waals surface area contributed by atoms with Gasteiger partial charge in [0.2, 0.25) is 5.28 Å². The zero-order chi connectivity index (χ0) is 20.3. The number of aromatic nitrogens is 2. The molecule has 7 heteroatoms. The maximum Gasteiger partial charge on any atom is 0.225 e. The standard InChI is InChI=1S/C21H26ClN3O2S/c1-13-6-7-16(12-14(13)2)17-15(3)28-20-18(17)19(23-21(22)24-20)25(8-10-26-4)9-11-27-5/h6-7,12H,8-11H2,1-5H3. The molecule has 0 bridgehead atoms. The fourth-order valence-electron chi connectivity index (χ4n) is 3.27. The summed E-state index contributed by atoms with van der Waals surface area (Å²) in [6.07, 6.45) is 0. The van der Waals surface area contributed by atoms with Gasteiger partial charge in [-0.3, -0.25) is 0 Å². The van der Waals surface area contributed by atoms with Crippen LogP contribution < -0.4 is 4.90 Å². The van der Waals surface area contributed by atoms with E-state index in [0.717, 1.165) is 16.0 Å². The number of hydrogen-bond donors (Lipinski definition) is 0. The molecule has 0 N–H and O–H groups in total. The second kappa shape index (κ2) is 9.18. The second-order valence-corrected chi connectivity index (χ2v) is 8.34. The van der Waals surface area contributed by atoms with Crippen molar-refractivity contribution >= 4 is 39.0 Å². The van der Waals surface area contributed by atoms with Crippen LogP contribution in [0.1, 0.15) is 16.0 Å². The van der Waals surface area contributed by atoms with Crippen LogP contribution in [0.15, 0.2) is 18.2 Å². The third-order valence-corrected chi connectivity index (χ3v) is 6.08. The average Bonchev–Trinajstić information content (AvgIpc) is 2.99. The van der Waals surface area contributed by atoms with Crippen LogP contribution in [0.2, 0.25) is 5.28 Å². The molecule has 0 saturated heterocycles. The number of nitrogens with zero attached hydrogens (tertiary/aromatic N) is 3. The summed E-state index contributed by atoms with van der Waals surface area (Å²) in [6, 6.07) is 6.57. The van der Waals surface area contributed by atoms with Gasteiger partial charge in [0.05, 0.1) is 18.6 Å². The Kier molecular flexibility index (Phi) is 6.88. The predicted molar refractivity (Wildman–Crippen MR) is 118 cm³/mol. The van der Waals surface area contributed by atoms with Gasteiger partial charge in [0.15, 0.2) is 0 Å². The number of methoxy groups -OCH3 is 2. The summed E-state index contributed by atoms with van der Waals surface area (Å²) in [4.78, 5) is 13.4. The minimum atomic E-state index is 0.259. The molecule has 0 fully saturated rings. The largest absolute Gasteiger partial charge is 0.383 e. The van der Waals surface area contributed by atoms with E-state index in [4.69, 9.17) is 21.1 Å². The highest BCUT2D eigenvalue weighted by Crippen LogP contribution is 2.42. The molecular weight excluding hydrogens is 394 g/mol. The first-order valence-corrected chi connectivity index (χ1v) is 10.4. The smallest absolute Gasteiger partial charge is 0.225 e. The fourth-order valence-corrected chi connectivity index (χ4v) is 4.52. The van der Waals surface area contributed by atoms with Crippen LogP contribution in [0, 0.1) is 20.8 Å². The SMILES string of the molecule is COCCN(CCOC)c1nc(Cl)nc2sc(C)c(-c3ccc(C)c(C)c3)c12. The molecule has 3 aromatic rings. The Bertz CT molecular complexity index is 966. The quantitative estimate of drug-likeness (QED) is 0.479. The number of hydrogen-bond acceptors (Lipinski definition) is 6. The summed E-state index contributed by atoms with van der Waals surface area (Å²) in [6.45, 7) is 8.98. The minimum Gasteiger partial charge on any atom is -0.383 e. The summed E-state index contributed by atoms with van der Waals surface area (Å²) in [5.74, 6) is 0.835. The van der Waals surface area contributed by atoms with Gasteiger partial charge in [0, 0.05) is 37.7 Å². The van der Waals surface area contributed by atoms with Crippen LogP contribution in [-0.2, 0) is 9.47 Å². The maximum absolute atomic E-state index is 6.28. The highest BCUT2D eigenvalue weighted by atomic mass is 35.5. The van der Waals surface area contributed by atoms with Crippen LogP contribution in [0.3, 0.4) is 0 Å². The lowest BCUT2D eigenvalue weighted by molar-refractivity contribution is 0.190. The average molecular weight is 420 g/mol. The summed E-state index contributed by atoms with van der Waals surface area (Å²) in [7, 11) is 3.40. The molecule has 0 aliphatic carbocycles. The first-order chi connectivity index (χ1) is 13.5. The van der Waals surface area contributed by atoms with E-state index in [2.05, 4.69) is 53.8 Å². The Balaban J connectivity index is 2.22. The molecule has 150 valence electrons. The molecule has 0 amide bonds. The number of benzene rings is 1. The predicted octanol–water partition coefficient (Wildman–Crippen LogP) is 5.04. The summed E-state index contributed by atoms with van der Waals surface area (Å²) >= 11 is 7.94. The molecule has 1 aromatic carbocycles. The van der Waals surface area contributed by atoms with E-state index in [9.17, 15) is 0 Å². The van der Waals surface area contributed by atoms with Gasteiger partial charge >= 0.3 is 0 Å². The zero-order valence-electron chi connectivity index (χ0n) is 17.0. The molecule has 0 saturated carbocycles. The minimum absolute atomic E-state index is 0.259. The number of thiophene rings is 1. The van der Waals surface area contributed by atoms with Gasteiger partial charge in [-0.05, 0) is 49.1 Å². The van der Waals surface area contributed by atoms with Crippen LogP contribution >= 0.6 is 22.9 Å². The Hall–Kier alpha value is -1.73. The third kappa shape index (κ3) is 4.30. The monoisotopic (exact) mass is 419 g/mol. The van der Waals surface area contributed by atoms with Crippen molar-refractivity contribution in [3.8, 4) is 11.1 Å². The van der Waals surface area contributed by atoms with Gasteiger partial charge in [0.1, 0.15) is 10.6 Å². The van der Waals surface area contributed by atoms with Gasteiger partial charge in [-0.1, -0.05) is 18.2 Å². The number of anilines is 1. The van der Waals surface area contributed by atoms with Crippen LogP contribution in [0.4, 0.5) is 5.82 Å². The van der Waals surface area contributed by atoms with E-state index in [1.807, 2.05) is 0 Å². The van der Waals surface area contributed by atoms with Crippen molar-refractivity contribution in [2.45, 2.75) is 20.8 Å². The lowest BCUT2D eigenvalue weighted by Gasteiger charge is -2.24. The molecule has 0 aliphatic rings. The van der Waals surface area contributed by atoms with E-state index in [0.29, 0.717) is 26.3 Å². The molecule has 0 radical (unpaired) electrons. The second-order valence-electron chi connectivity index (χ2n) is 6.80. The molecule has 0 unspecified atom stereocenters. The molecule has 2 heterocycles. The lowest BCUT2D eigenvalue weighted by atomic mass is 9.99. The van der Waals surface area contributed by atoms with E-state index in [1.165, 1.54) is 27.1 Å². The van der Waals surface area contributed by atoms with Crippen molar-refractivity contribution in [2.24, 2.45) is 0 Å². The number of fused-ring (bicyclic) bond motifs is 1. The van der Waals surface area contributed by atoms with Crippen molar-refractivity contribution in [3.63, 3.8) is 0 Å². The summed E-state index contributed by atoms with van der Waals surface area (Å²) in [5, 5.41) is 1.30. The van der Waals surface area contributed by atoms with Crippen LogP contribution in [0.25, 0.3) is 21.3 Å². The molecule has 5 nitrogen and oxygen atoms in total. The lowest BCUT2D eigenvalue weighted by Crippen LogP contribution is -2.31. The molecule has 28 heavy (non-hydrogen) atoms. The van der Waals surface area contributed by atoms with Crippen molar-refractivity contribution in [1.82, 2.24) is 9.97 Å². The van der Waals surface area contributed by atoms with Gasteiger partial charge in [-0.25, -0.2) is 4.98 Å². The van der Waals surface area contributed by atoms with Crippen LogP contribution in [-0.4, -0.2) is 50.5 Å². The van der Waals surface area contributed by atoms with Crippen molar-refractivity contribution in [2.75, 3.05) is 45.4 Å². The number of rotatable bonds is 8. The molecule has 0 spiro atoms. The number of ether oxygens (including phenoxy) is 2. The zero-order valence-corrected chi connectivity index (χ0v) is 18.6. The van der Waals surface area contributed by atoms with Crippen molar-refractivity contribution in [1.29, 1.82) is 0 Å². The van der Waals surface area contributed by atoms with E-state index in [-0.39, 0.29) is 5.28 Å². The van der Waals surface area contributed by atoms with Crippen molar-refractivity contribution in [3.05, 3.63) is 39.5 Å². The van der Waals surface area contributed by atoms with Gasteiger partial charge in [0.25, 0.3) is 0 Å². The third-order valence-electron chi connectivity index (χ3n) is 4.91. The van der Waals surface area contributed by atoms with E-state index >= 15 is 0 Å². The first-order valence-electron chi connectivity index (χ1n) is 9.23. The topological polar surface area (TPSA) is 47.5 Å². The van der Waals surface area contributed by atoms with E-state index < -0.39 is 0 Å². The highest BCUT2D eigenvalue weighted by Gasteiger charge is 2.22. The maximum atomic E-state index is 6.28. The number of aryl methyl sites for hydroxylation is 3. The Morgan fingerprint density at radius 2 is 1.68 bits per heavy atom. The Labute approximate surface area is 175 Å². The first kappa shape index (κ1) is 21.0. The summed E-state index contributed by atoms with van der Waals surface area (Å²) < 4.78 is 10.6. The highest BCUT2D eigenvalue weighted by molar-refractivity contribution is 7.19. The molecule has 0 atom stereocenters. The van der Waals surface area contributed by atoms with Crippen molar-refractivity contribution < 1.29 is 9.47 Å². The number of halogens is 1. The fraction of sp³-hybridized carbons (Fsp3) is 0.429. The Morgan fingerprint density at radius 3 is 2.29 bits per heavy atom. The molecule has 0 aliphatic heterocycles. The van der Waals surface area contributed by atoms with Gasteiger partial charge in [-0.15, -0.1) is 11.3 Å². The van der Waals surface area contributed by atoms with E-state index in [1.54, 1.807) is 25.6 Å². The molecular formula is C21H26ClN3O2S.